The quantitative estimate of drug-likeness (QED) is 0.680. The summed E-state index contributed by atoms with van der Waals surface area (Å²) >= 11 is 0. The zero-order chi connectivity index (χ0) is 10.8. The maximum Gasteiger partial charge on any atom is 0.185 e. The normalized spacial score (nSPS) is 19.3. The van der Waals surface area contributed by atoms with Crippen LogP contribution in [0.1, 0.15) is 28.4 Å². The lowest BCUT2D eigenvalue weighted by Gasteiger charge is -2.27. The van der Waals surface area contributed by atoms with Crippen LogP contribution in [0, 0.1) is 18.3 Å². The predicted octanol–water partition coefficient (Wildman–Crippen LogP) is 0.665. The predicted molar refractivity (Wildman–Crippen MR) is 51.4 cm³/mol. The summed E-state index contributed by atoms with van der Waals surface area (Å²) in [4.78, 5) is 14.8. The molecule has 5 heteroatoms. The Labute approximate surface area is 87.3 Å². The summed E-state index contributed by atoms with van der Waals surface area (Å²) in [6, 6.07) is 2.06. The van der Waals surface area contributed by atoms with Gasteiger partial charge >= 0.3 is 0 Å². The van der Waals surface area contributed by atoms with Crippen LogP contribution < -0.4 is 0 Å². The Kier molecular flexibility index (Phi) is 2.52. The molecule has 1 aromatic rings. The Balaban J connectivity index is 2.33. The maximum atomic E-state index is 10.8. The van der Waals surface area contributed by atoms with E-state index < -0.39 is 0 Å². The van der Waals surface area contributed by atoms with Crippen molar-refractivity contribution in [3.63, 3.8) is 0 Å². The fourth-order valence-corrected chi connectivity index (χ4v) is 1.64. The molecule has 1 aromatic heterocycles. The number of hydrogen-bond donors (Lipinski definition) is 0. The summed E-state index contributed by atoms with van der Waals surface area (Å²) in [5.41, 5.74) is 1.05. The number of nitrogens with zero attached hydrogens (tertiary/aromatic N) is 3. The molecule has 0 spiro atoms. The summed E-state index contributed by atoms with van der Waals surface area (Å²) in [6.45, 7) is 3.03. The second-order valence-electron chi connectivity index (χ2n) is 3.53. The first kappa shape index (κ1) is 9.87. The summed E-state index contributed by atoms with van der Waals surface area (Å²) in [5, 5.41) is 8.94. The van der Waals surface area contributed by atoms with Crippen molar-refractivity contribution in [3.8, 4) is 6.07 Å². The first-order chi connectivity index (χ1) is 7.26. The second kappa shape index (κ2) is 3.83. The third-order valence-corrected chi connectivity index (χ3v) is 2.56. The highest BCUT2D eigenvalue weighted by molar-refractivity contribution is 5.70. The van der Waals surface area contributed by atoms with E-state index in [2.05, 4.69) is 11.1 Å². The minimum absolute atomic E-state index is 0.115. The van der Waals surface area contributed by atoms with E-state index in [0.717, 1.165) is 13.0 Å². The lowest BCUT2D eigenvalue weighted by molar-refractivity contribution is -0.0594. The smallest absolute Gasteiger partial charge is 0.185 e. The molecule has 1 aliphatic heterocycles. The molecule has 1 saturated heterocycles. The highest BCUT2D eigenvalue weighted by Gasteiger charge is 2.22. The van der Waals surface area contributed by atoms with Crippen molar-refractivity contribution in [1.29, 1.82) is 5.26 Å². The van der Waals surface area contributed by atoms with E-state index in [1.807, 2.05) is 0 Å². The van der Waals surface area contributed by atoms with Crippen molar-refractivity contribution in [2.75, 3.05) is 6.61 Å². The van der Waals surface area contributed by atoms with Gasteiger partial charge in [0.25, 0.3) is 0 Å². The van der Waals surface area contributed by atoms with E-state index in [9.17, 15) is 4.79 Å². The third-order valence-electron chi connectivity index (χ3n) is 2.56. The van der Waals surface area contributed by atoms with Gasteiger partial charge in [0, 0.05) is 6.61 Å². The molecule has 0 radical (unpaired) electrons. The third kappa shape index (κ3) is 1.64. The Morgan fingerprint density at radius 3 is 3.00 bits per heavy atom. The molecule has 0 aromatic carbocycles. The first-order valence-corrected chi connectivity index (χ1v) is 4.80. The standard InChI is InChI=1S/C10H11N3O2/c1-7-9(4-11)13(10(6-14)12-7)5-8-2-3-15-8/h6,8H,2-3,5H2,1H3/t8-/m0/s1. The Bertz CT molecular complexity index is 427. The van der Waals surface area contributed by atoms with Gasteiger partial charge in [0.2, 0.25) is 0 Å². The van der Waals surface area contributed by atoms with E-state index >= 15 is 0 Å². The molecule has 2 heterocycles. The van der Waals surface area contributed by atoms with Crippen LogP contribution >= 0.6 is 0 Å². The van der Waals surface area contributed by atoms with Crippen LogP contribution in [0.5, 0.6) is 0 Å². The van der Waals surface area contributed by atoms with Gasteiger partial charge in [0.1, 0.15) is 11.8 Å². The van der Waals surface area contributed by atoms with Crippen molar-refractivity contribution in [2.45, 2.75) is 26.0 Å². The number of aldehydes is 1. The number of imidazole rings is 1. The number of aryl methyl sites for hydroxylation is 1. The van der Waals surface area contributed by atoms with E-state index in [-0.39, 0.29) is 6.10 Å². The molecule has 15 heavy (non-hydrogen) atoms. The summed E-state index contributed by atoms with van der Waals surface area (Å²) < 4.78 is 6.90. The highest BCUT2D eigenvalue weighted by atomic mass is 16.5. The van der Waals surface area contributed by atoms with Crippen molar-refractivity contribution in [2.24, 2.45) is 0 Å². The zero-order valence-electron chi connectivity index (χ0n) is 8.43. The van der Waals surface area contributed by atoms with Crippen molar-refractivity contribution < 1.29 is 9.53 Å². The van der Waals surface area contributed by atoms with Gasteiger partial charge in [0.15, 0.2) is 12.1 Å². The van der Waals surface area contributed by atoms with E-state index in [4.69, 9.17) is 10.00 Å². The van der Waals surface area contributed by atoms with Crippen LogP contribution in [0.25, 0.3) is 0 Å². The van der Waals surface area contributed by atoms with Crippen molar-refractivity contribution in [3.05, 3.63) is 17.2 Å². The molecule has 0 bridgehead atoms. The number of rotatable bonds is 3. The van der Waals surface area contributed by atoms with Crippen LogP contribution in [0.3, 0.4) is 0 Å². The molecule has 0 N–H and O–H groups in total. The molecule has 1 aliphatic rings. The van der Waals surface area contributed by atoms with Gasteiger partial charge in [-0.25, -0.2) is 4.98 Å². The van der Waals surface area contributed by atoms with Crippen LogP contribution in [0.15, 0.2) is 0 Å². The molecule has 0 saturated carbocycles. The number of nitriles is 1. The summed E-state index contributed by atoms with van der Waals surface area (Å²) in [6.07, 6.45) is 1.76. The van der Waals surface area contributed by atoms with Gasteiger partial charge in [-0.3, -0.25) is 4.79 Å². The number of carbonyl (C=O) groups is 1. The molecule has 0 aliphatic carbocycles. The molecular weight excluding hydrogens is 194 g/mol. The molecular formula is C10H11N3O2. The first-order valence-electron chi connectivity index (χ1n) is 4.80. The fourth-order valence-electron chi connectivity index (χ4n) is 1.64. The highest BCUT2D eigenvalue weighted by Crippen LogP contribution is 2.17. The van der Waals surface area contributed by atoms with Gasteiger partial charge in [-0.1, -0.05) is 0 Å². The average Bonchev–Trinajstić information content (AvgIpc) is 2.47. The molecule has 2 rings (SSSR count). The number of carbonyl (C=O) groups excluding carboxylic acids is 1. The Hall–Kier alpha value is -1.67. The number of ether oxygens (including phenoxy) is 1. The molecule has 0 amide bonds. The maximum absolute atomic E-state index is 10.8. The minimum Gasteiger partial charge on any atom is -0.376 e. The molecule has 1 fully saturated rings. The van der Waals surface area contributed by atoms with E-state index in [0.29, 0.717) is 30.0 Å². The Morgan fingerprint density at radius 1 is 1.80 bits per heavy atom. The van der Waals surface area contributed by atoms with Gasteiger partial charge < -0.3 is 9.30 Å². The average molecular weight is 205 g/mol. The molecule has 1 atom stereocenters. The van der Waals surface area contributed by atoms with Crippen LogP contribution in [0.2, 0.25) is 0 Å². The van der Waals surface area contributed by atoms with E-state index in [1.54, 1.807) is 11.5 Å². The fraction of sp³-hybridized carbons (Fsp3) is 0.500. The van der Waals surface area contributed by atoms with Gasteiger partial charge in [-0.15, -0.1) is 0 Å². The van der Waals surface area contributed by atoms with Gasteiger partial charge in [-0.05, 0) is 13.3 Å². The molecule has 5 nitrogen and oxygen atoms in total. The van der Waals surface area contributed by atoms with Crippen molar-refractivity contribution >= 4 is 6.29 Å². The van der Waals surface area contributed by atoms with Crippen LogP contribution in [0.4, 0.5) is 0 Å². The summed E-state index contributed by atoms with van der Waals surface area (Å²) in [7, 11) is 0. The monoisotopic (exact) mass is 205 g/mol. The lowest BCUT2D eigenvalue weighted by Crippen LogP contribution is -2.32. The molecule has 0 unspecified atom stereocenters. The largest absolute Gasteiger partial charge is 0.376 e. The van der Waals surface area contributed by atoms with Crippen LogP contribution in [-0.4, -0.2) is 28.5 Å². The van der Waals surface area contributed by atoms with Crippen molar-refractivity contribution in [1.82, 2.24) is 9.55 Å². The SMILES string of the molecule is Cc1nc(C=O)n(C[C@@H]2CCO2)c1C#N. The summed E-state index contributed by atoms with van der Waals surface area (Å²) in [5.74, 6) is 0.305. The van der Waals surface area contributed by atoms with E-state index in [1.165, 1.54) is 0 Å². The number of hydrogen-bond acceptors (Lipinski definition) is 4. The minimum atomic E-state index is 0.115. The zero-order valence-corrected chi connectivity index (χ0v) is 8.43. The Morgan fingerprint density at radius 2 is 2.53 bits per heavy atom. The topological polar surface area (TPSA) is 67.9 Å². The lowest BCUT2D eigenvalue weighted by atomic mass is 10.2. The van der Waals surface area contributed by atoms with Gasteiger partial charge in [0.05, 0.1) is 18.3 Å². The number of aromatic nitrogens is 2. The van der Waals surface area contributed by atoms with Crippen LogP contribution in [-0.2, 0) is 11.3 Å². The second-order valence-corrected chi connectivity index (χ2v) is 3.53. The molecule has 78 valence electrons. The van der Waals surface area contributed by atoms with Gasteiger partial charge in [-0.2, -0.15) is 5.26 Å².